The molecular formula is C37H33FN6O5S. The van der Waals surface area contributed by atoms with Crippen LogP contribution in [0.1, 0.15) is 66.1 Å². The Morgan fingerprint density at radius 1 is 0.980 bits per heavy atom. The summed E-state index contributed by atoms with van der Waals surface area (Å²) in [5, 5.41) is 10.6. The number of aryl methyl sites for hydroxylation is 2. The first-order chi connectivity index (χ1) is 24.2. The Hall–Kier alpha value is -5.27. The number of carbonyl (C=O) groups is 3. The summed E-state index contributed by atoms with van der Waals surface area (Å²) < 4.78 is 25.6. The molecule has 0 unspecified atom stereocenters. The third-order valence-corrected chi connectivity index (χ3v) is 10.9. The van der Waals surface area contributed by atoms with Crippen LogP contribution in [0.5, 0.6) is 0 Å². The second-order valence-electron chi connectivity index (χ2n) is 13.2. The van der Waals surface area contributed by atoms with Crippen molar-refractivity contribution in [1.82, 2.24) is 15.2 Å². The van der Waals surface area contributed by atoms with Crippen LogP contribution in [0.2, 0.25) is 0 Å². The summed E-state index contributed by atoms with van der Waals surface area (Å²) in [4.78, 5) is 50.1. The largest absolute Gasteiger partial charge is 0.418 e. The number of anilines is 3. The zero-order chi connectivity index (χ0) is 34.6. The molecule has 2 fully saturated rings. The van der Waals surface area contributed by atoms with Gasteiger partial charge in [-0.1, -0.05) is 0 Å². The topological polar surface area (TPSA) is 131 Å². The van der Waals surface area contributed by atoms with E-state index >= 15 is 0 Å². The number of hydrogen-bond donors (Lipinski definition) is 1. The molecular weight excluding hydrogens is 660 g/mol. The molecule has 1 N–H and O–H groups in total. The van der Waals surface area contributed by atoms with Gasteiger partial charge >= 0.3 is 0 Å². The van der Waals surface area contributed by atoms with E-state index in [0.717, 1.165) is 55.1 Å². The predicted octanol–water partition coefficient (Wildman–Crippen LogP) is 6.25. The number of fused-ring (bicyclic) bond motifs is 3. The lowest BCUT2D eigenvalue weighted by Crippen LogP contribution is -2.59. The third-order valence-electron chi connectivity index (χ3n) is 9.64. The molecule has 5 aromatic rings. The lowest BCUT2D eigenvalue weighted by molar-refractivity contribution is -0.000511. The number of nitrogens with one attached hydrogen (secondary N) is 1. The first-order valence-corrected chi connectivity index (χ1v) is 17.3. The maximum Gasteiger partial charge on any atom is 0.289 e. The number of hydrogen-bond acceptors (Lipinski definition) is 10. The number of ketones is 1. The summed E-state index contributed by atoms with van der Waals surface area (Å²) in [7, 11) is 0. The van der Waals surface area contributed by atoms with Crippen LogP contribution in [-0.2, 0) is 11.2 Å². The predicted molar refractivity (Wildman–Crippen MR) is 186 cm³/mol. The van der Waals surface area contributed by atoms with Crippen molar-refractivity contribution in [3.05, 3.63) is 106 Å². The average molecular weight is 693 g/mol. The zero-order valence-corrected chi connectivity index (χ0v) is 28.3. The second-order valence-corrected chi connectivity index (χ2v) is 14.2. The van der Waals surface area contributed by atoms with Crippen LogP contribution in [0.4, 0.5) is 21.6 Å². The monoisotopic (exact) mass is 692 g/mol. The average Bonchev–Trinajstić information content (AvgIpc) is 3.71. The highest BCUT2D eigenvalue weighted by molar-refractivity contribution is 7.17. The minimum Gasteiger partial charge on any atom is -0.418 e. The molecule has 0 bridgehead atoms. The van der Waals surface area contributed by atoms with E-state index in [1.54, 1.807) is 54.4 Å². The molecule has 0 aliphatic carbocycles. The Morgan fingerprint density at radius 2 is 1.76 bits per heavy atom. The Balaban J connectivity index is 1.00. The first kappa shape index (κ1) is 32.0. The Morgan fingerprint density at radius 3 is 2.50 bits per heavy atom. The van der Waals surface area contributed by atoms with Crippen molar-refractivity contribution in [3.8, 4) is 10.4 Å². The van der Waals surface area contributed by atoms with E-state index in [2.05, 4.69) is 25.4 Å². The number of ether oxygens (including phenoxy) is 1. The first-order valence-electron chi connectivity index (χ1n) is 16.5. The molecule has 254 valence electrons. The smallest absolute Gasteiger partial charge is 0.289 e. The lowest BCUT2D eigenvalue weighted by Gasteiger charge is -2.53. The van der Waals surface area contributed by atoms with E-state index in [9.17, 15) is 18.8 Å². The van der Waals surface area contributed by atoms with Gasteiger partial charge in [0.15, 0.2) is 0 Å². The zero-order valence-electron chi connectivity index (χ0n) is 27.5. The fourth-order valence-electron chi connectivity index (χ4n) is 7.00. The fraction of sp³-hybridized carbons (Fsp3) is 0.297. The van der Waals surface area contributed by atoms with Gasteiger partial charge in [0.1, 0.15) is 11.6 Å². The fourth-order valence-corrected chi connectivity index (χ4v) is 8.17. The van der Waals surface area contributed by atoms with E-state index in [-0.39, 0.29) is 35.4 Å². The van der Waals surface area contributed by atoms with Gasteiger partial charge < -0.3 is 24.3 Å². The molecule has 0 radical (unpaired) electrons. The van der Waals surface area contributed by atoms with Crippen molar-refractivity contribution in [2.24, 2.45) is 5.41 Å². The molecule has 2 aromatic carbocycles. The van der Waals surface area contributed by atoms with Crippen LogP contribution in [-0.4, -0.2) is 65.6 Å². The SMILES string of the molecule is Cc1cnc(N2CC3(CCOCC3)C2)c(C(=O)Nc2ccc(C(=O)N3CCc4cc(C(=O)c5nnc(C)o5)sc4-c4ccc(F)cc43)cc2)c1. The van der Waals surface area contributed by atoms with Gasteiger partial charge in [0.05, 0.1) is 16.1 Å². The molecule has 2 amide bonds. The minimum absolute atomic E-state index is 0.0923. The molecule has 13 heteroatoms. The molecule has 50 heavy (non-hydrogen) atoms. The molecule has 2 saturated heterocycles. The highest BCUT2D eigenvalue weighted by Gasteiger charge is 2.45. The molecule has 3 aromatic heterocycles. The van der Waals surface area contributed by atoms with Gasteiger partial charge in [-0.3, -0.25) is 14.4 Å². The molecule has 3 aliphatic heterocycles. The number of rotatable bonds is 6. The Kier molecular flexibility index (Phi) is 8.03. The summed E-state index contributed by atoms with van der Waals surface area (Å²) in [6.07, 6.45) is 4.25. The van der Waals surface area contributed by atoms with Gasteiger partial charge in [-0.2, -0.15) is 0 Å². The molecule has 6 heterocycles. The van der Waals surface area contributed by atoms with Crippen LogP contribution >= 0.6 is 11.3 Å². The van der Waals surface area contributed by atoms with Gasteiger partial charge in [-0.05, 0) is 91.9 Å². The van der Waals surface area contributed by atoms with Gasteiger partial charge in [0.25, 0.3) is 23.5 Å². The van der Waals surface area contributed by atoms with Crippen LogP contribution in [0.25, 0.3) is 10.4 Å². The quantitative estimate of drug-likeness (QED) is 0.205. The maximum atomic E-state index is 14.7. The molecule has 1 spiro atoms. The second kappa shape index (κ2) is 12.6. The Bertz CT molecular complexity index is 2150. The maximum absolute atomic E-state index is 14.7. The van der Waals surface area contributed by atoms with E-state index < -0.39 is 5.82 Å². The molecule has 0 saturated carbocycles. The van der Waals surface area contributed by atoms with Crippen molar-refractivity contribution in [2.75, 3.05) is 48.0 Å². The number of nitrogens with zero attached hydrogens (tertiary/aromatic N) is 5. The van der Waals surface area contributed by atoms with Crippen molar-refractivity contribution in [3.63, 3.8) is 0 Å². The Labute approximate surface area is 291 Å². The molecule has 11 nitrogen and oxygen atoms in total. The van der Waals surface area contributed by atoms with Crippen molar-refractivity contribution in [2.45, 2.75) is 33.1 Å². The summed E-state index contributed by atoms with van der Waals surface area (Å²) in [5.74, 6) is -0.593. The summed E-state index contributed by atoms with van der Waals surface area (Å²) in [5.41, 5.74) is 4.44. The number of benzene rings is 2. The number of aromatic nitrogens is 3. The lowest BCUT2D eigenvalue weighted by atomic mass is 9.73. The highest BCUT2D eigenvalue weighted by Crippen LogP contribution is 2.44. The third kappa shape index (κ3) is 5.86. The normalized spacial score (nSPS) is 16.3. The van der Waals surface area contributed by atoms with Crippen molar-refractivity contribution >= 4 is 46.1 Å². The van der Waals surface area contributed by atoms with Gasteiger partial charge in [-0.15, -0.1) is 21.5 Å². The van der Waals surface area contributed by atoms with E-state index in [0.29, 0.717) is 51.1 Å². The van der Waals surface area contributed by atoms with Gasteiger partial charge in [0.2, 0.25) is 5.89 Å². The van der Waals surface area contributed by atoms with E-state index in [1.165, 1.54) is 23.5 Å². The van der Waals surface area contributed by atoms with E-state index in [1.807, 2.05) is 13.0 Å². The summed E-state index contributed by atoms with van der Waals surface area (Å²) in [6, 6.07) is 14.6. The van der Waals surface area contributed by atoms with Gasteiger partial charge in [-0.25, -0.2) is 9.37 Å². The van der Waals surface area contributed by atoms with E-state index in [4.69, 9.17) is 9.15 Å². The number of halogens is 1. The number of carbonyl (C=O) groups excluding carboxylic acids is 3. The minimum atomic E-state index is -0.483. The number of amides is 2. The molecule has 3 aliphatic rings. The number of pyridine rings is 1. The van der Waals surface area contributed by atoms with Crippen molar-refractivity contribution in [1.29, 1.82) is 0 Å². The van der Waals surface area contributed by atoms with Gasteiger partial charge in [0, 0.05) is 73.1 Å². The molecule has 8 rings (SSSR count). The standard InChI is InChI=1S/C37H33FN6O5S/c1-21-15-28(33(39-18-21)43-19-37(20-43)10-13-48-14-11-37)34(46)40-26-6-3-23(4-7-26)36(47)44-12-9-24-16-30(31(45)35-42-41-22(2)49-35)50-32(24)27-8-5-25(38)17-29(27)44/h3-8,15-18H,9-14,19-20H2,1-2H3,(H,40,46). The van der Waals surface area contributed by atoms with Crippen LogP contribution in [0, 0.1) is 25.1 Å². The van der Waals surface area contributed by atoms with Crippen LogP contribution < -0.4 is 15.1 Å². The summed E-state index contributed by atoms with van der Waals surface area (Å²) >= 11 is 1.25. The van der Waals surface area contributed by atoms with Crippen LogP contribution in [0.3, 0.4) is 0 Å². The van der Waals surface area contributed by atoms with Crippen LogP contribution in [0.15, 0.2) is 65.2 Å². The van der Waals surface area contributed by atoms with Crippen molar-refractivity contribution < 1.29 is 27.9 Å². The number of thiophene rings is 1. The highest BCUT2D eigenvalue weighted by atomic mass is 32.1. The summed E-state index contributed by atoms with van der Waals surface area (Å²) in [6.45, 7) is 7.01. The molecule has 0 atom stereocenters.